The zero-order valence-corrected chi connectivity index (χ0v) is 15.5. The normalized spacial score (nSPS) is 28.3. The van der Waals surface area contributed by atoms with Crippen molar-refractivity contribution < 1.29 is 5.11 Å². The highest BCUT2D eigenvalue weighted by Crippen LogP contribution is 2.44. The lowest BCUT2D eigenvalue weighted by Crippen LogP contribution is -2.56. The maximum Gasteiger partial charge on any atom is 0.111 e. The Bertz CT molecular complexity index is 929. The van der Waals surface area contributed by atoms with Crippen LogP contribution in [-0.4, -0.2) is 32.1 Å². The molecule has 1 aromatic heterocycles. The molecule has 3 aromatic rings. The highest BCUT2D eigenvalue weighted by molar-refractivity contribution is 5.73. The van der Waals surface area contributed by atoms with Crippen LogP contribution < -0.4 is 0 Å². The Morgan fingerprint density at radius 2 is 1.59 bits per heavy atom. The van der Waals surface area contributed by atoms with Gasteiger partial charge >= 0.3 is 0 Å². The Morgan fingerprint density at radius 3 is 2.33 bits per heavy atom. The first kappa shape index (κ1) is 16.8. The highest BCUT2D eigenvalue weighted by Gasteiger charge is 2.47. The minimum Gasteiger partial charge on any atom is -0.383 e. The summed E-state index contributed by atoms with van der Waals surface area (Å²) < 4.78 is 0. The molecule has 138 valence electrons. The third kappa shape index (κ3) is 3.13. The lowest BCUT2D eigenvalue weighted by molar-refractivity contribution is -0.102. The van der Waals surface area contributed by atoms with Gasteiger partial charge in [-0.3, -0.25) is 9.88 Å². The summed E-state index contributed by atoms with van der Waals surface area (Å²) >= 11 is 0. The van der Waals surface area contributed by atoms with Crippen molar-refractivity contribution in [3.05, 3.63) is 72.1 Å². The molecule has 0 radical (unpaired) electrons. The van der Waals surface area contributed by atoms with E-state index in [1.165, 1.54) is 12.0 Å². The number of piperidine rings is 2. The van der Waals surface area contributed by atoms with E-state index >= 15 is 0 Å². The largest absolute Gasteiger partial charge is 0.383 e. The number of hydrogen-bond acceptors (Lipinski definition) is 4. The first-order valence-corrected chi connectivity index (χ1v) is 9.96. The zero-order chi connectivity index (χ0) is 18.3. The summed E-state index contributed by atoms with van der Waals surface area (Å²) in [7, 11) is 0. The van der Waals surface area contributed by atoms with Crippen molar-refractivity contribution in [2.75, 3.05) is 0 Å². The topological polar surface area (TPSA) is 49.3 Å². The molecule has 0 saturated carbocycles. The van der Waals surface area contributed by atoms with Gasteiger partial charge < -0.3 is 5.11 Å². The molecule has 0 spiro atoms. The third-order valence-electron chi connectivity index (χ3n) is 6.29. The summed E-state index contributed by atoms with van der Waals surface area (Å²) in [6, 6.07) is 19.4. The standard InChI is InChI=1S/C23H25N3O/c27-23(22-15-24-20-11-4-5-12-21(20)25-22)13-18-9-6-10-19(14-23)26(18)16-17-7-2-1-3-8-17/h1-5,7-8,11-12,15,18-19,27H,6,9-10,13-14,16H2. The molecule has 4 heteroatoms. The molecule has 5 rings (SSSR count). The molecule has 0 aliphatic carbocycles. The number of aromatic nitrogens is 2. The molecular formula is C23H25N3O. The maximum absolute atomic E-state index is 11.6. The van der Waals surface area contributed by atoms with Gasteiger partial charge in [-0.15, -0.1) is 0 Å². The minimum absolute atomic E-state index is 0.399. The van der Waals surface area contributed by atoms with Gasteiger partial charge in [0.05, 0.1) is 22.9 Å². The van der Waals surface area contributed by atoms with E-state index in [4.69, 9.17) is 4.98 Å². The van der Waals surface area contributed by atoms with Crippen LogP contribution in [0.3, 0.4) is 0 Å². The zero-order valence-electron chi connectivity index (χ0n) is 15.5. The molecule has 3 heterocycles. The van der Waals surface area contributed by atoms with Gasteiger partial charge in [0, 0.05) is 18.6 Å². The van der Waals surface area contributed by atoms with E-state index in [2.05, 4.69) is 40.2 Å². The summed E-state index contributed by atoms with van der Waals surface area (Å²) in [4.78, 5) is 11.9. The molecule has 27 heavy (non-hydrogen) atoms. The highest BCUT2D eigenvalue weighted by atomic mass is 16.3. The van der Waals surface area contributed by atoms with Crippen LogP contribution in [0.2, 0.25) is 0 Å². The fourth-order valence-corrected chi connectivity index (χ4v) is 4.96. The van der Waals surface area contributed by atoms with Crippen molar-refractivity contribution in [3.63, 3.8) is 0 Å². The number of nitrogens with zero attached hydrogens (tertiary/aromatic N) is 3. The fourth-order valence-electron chi connectivity index (χ4n) is 4.96. The van der Waals surface area contributed by atoms with Crippen LogP contribution in [0, 0.1) is 0 Å². The Balaban J connectivity index is 1.44. The molecule has 1 N–H and O–H groups in total. The number of fused-ring (bicyclic) bond motifs is 3. The number of rotatable bonds is 3. The first-order chi connectivity index (χ1) is 13.2. The third-order valence-corrected chi connectivity index (χ3v) is 6.29. The minimum atomic E-state index is -0.875. The van der Waals surface area contributed by atoms with Crippen molar-refractivity contribution >= 4 is 11.0 Å². The summed E-state index contributed by atoms with van der Waals surface area (Å²) in [5.41, 5.74) is 2.95. The van der Waals surface area contributed by atoms with Gasteiger partial charge in [-0.1, -0.05) is 48.9 Å². The van der Waals surface area contributed by atoms with Gasteiger partial charge in [0.1, 0.15) is 5.60 Å². The monoisotopic (exact) mass is 359 g/mol. The van der Waals surface area contributed by atoms with Gasteiger partial charge in [-0.2, -0.15) is 0 Å². The molecule has 2 aliphatic rings. The summed E-state index contributed by atoms with van der Waals surface area (Å²) in [6.45, 7) is 0.968. The molecule has 2 unspecified atom stereocenters. The van der Waals surface area contributed by atoms with Crippen LogP contribution in [0.1, 0.15) is 43.4 Å². The van der Waals surface area contributed by atoms with Gasteiger partial charge in [0.2, 0.25) is 0 Å². The van der Waals surface area contributed by atoms with Gasteiger partial charge in [-0.25, -0.2) is 4.98 Å². The molecule has 2 fully saturated rings. The Kier molecular flexibility index (Phi) is 4.18. The Hall–Kier alpha value is -2.30. The summed E-state index contributed by atoms with van der Waals surface area (Å²) in [5.74, 6) is 0. The second kappa shape index (κ2) is 6.70. The van der Waals surface area contributed by atoms with Crippen molar-refractivity contribution in [3.8, 4) is 0 Å². The molecule has 4 nitrogen and oxygen atoms in total. The second-order valence-corrected chi connectivity index (χ2v) is 8.08. The van der Waals surface area contributed by atoms with E-state index < -0.39 is 5.60 Å². The molecule has 2 atom stereocenters. The summed E-state index contributed by atoms with van der Waals surface area (Å²) in [5, 5.41) is 11.6. The number of aliphatic hydroxyl groups is 1. The first-order valence-electron chi connectivity index (χ1n) is 9.96. The fraction of sp³-hybridized carbons (Fsp3) is 0.391. The van der Waals surface area contributed by atoms with Crippen LogP contribution in [0.5, 0.6) is 0 Å². The van der Waals surface area contributed by atoms with E-state index in [1.54, 1.807) is 6.20 Å². The SMILES string of the molecule is OC1(c2cnc3ccccc3n2)CC2CCCC(C1)N2Cc1ccccc1. The Morgan fingerprint density at radius 1 is 0.926 bits per heavy atom. The number of hydrogen-bond donors (Lipinski definition) is 1. The van der Waals surface area contributed by atoms with Crippen molar-refractivity contribution in [2.24, 2.45) is 0 Å². The van der Waals surface area contributed by atoms with Crippen molar-refractivity contribution in [1.29, 1.82) is 0 Å². The lowest BCUT2D eigenvalue weighted by Gasteiger charge is -2.52. The predicted octanol–water partition coefficient (Wildman–Crippen LogP) is 4.03. The van der Waals surface area contributed by atoms with Crippen LogP contribution in [0.4, 0.5) is 0 Å². The number of para-hydroxylation sites is 2. The van der Waals surface area contributed by atoms with Crippen molar-refractivity contribution in [1.82, 2.24) is 14.9 Å². The average molecular weight is 359 g/mol. The van der Waals surface area contributed by atoms with Crippen LogP contribution in [0.15, 0.2) is 60.8 Å². The molecular weight excluding hydrogens is 334 g/mol. The van der Waals surface area contributed by atoms with Gasteiger partial charge in [-0.05, 0) is 43.4 Å². The van der Waals surface area contributed by atoms with E-state index in [0.717, 1.165) is 49.0 Å². The molecule has 2 aromatic carbocycles. The average Bonchev–Trinajstić information content (AvgIpc) is 2.69. The van der Waals surface area contributed by atoms with Crippen molar-refractivity contribution in [2.45, 2.75) is 56.3 Å². The second-order valence-electron chi connectivity index (χ2n) is 8.08. The Labute approximate surface area is 159 Å². The summed E-state index contributed by atoms with van der Waals surface area (Å²) in [6.07, 6.45) is 6.80. The van der Waals surface area contributed by atoms with E-state index in [1.807, 2.05) is 24.3 Å². The van der Waals surface area contributed by atoms with Crippen LogP contribution in [-0.2, 0) is 12.1 Å². The molecule has 0 amide bonds. The van der Waals surface area contributed by atoms with Gasteiger partial charge in [0.15, 0.2) is 0 Å². The maximum atomic E-state index is 11.6. The van der Waals surface area contributed by atoms with E-state index in [-0.39, 0.29) is 0 Å². The smallest absolute Gasteiger partial charge is 0.111 e. The quantitative estimate of drug-likeness (QED) is 0.767. The molecule has 2 saturated heterocycles. The molecule has 2 bridgehead atoms. The van der Waals surface area contributed by atoms with Crippen LogP contribution >= 0.6 is 0 Å². The number of benzene rings is 2. The van der Waals surface area contributed by atoms with E-state index in [9.17, 15) is 5.11 Å². The molecule has 2 aliphatic heterocycles. The van der Waals surface area contributed by atoms with Gasteiger partial charge in [0.25, 0.3) is 0 Å². The predicted molar refractivity (Wildman–Crippen MR) is 106 cm³/mol. The lowest BCUT2D eigenvalue weighted by atomic mass is 9.74. The van der Waals surface area contributed by atoms with E-state index in [0.29, 0.717) is 12.1 Å². The van der Waals surface area contributed by atoms with Crippen LogP contribution in [0.25, 0.3) is 11.0 Å².